The van der Waals surface area contributed by atoms with Crippen LogP contribution in [0.4, 0.5) is 5.69 Å². The first-order valence-electron chi connectivity index (χ1n) is 8.38. The summed E-state index contributed by atoms with van der Waals surface area (Å²) in [6.07, 6.45) is 2.81. The summed E-state index contributed by atoms with van der Waals surface area (Å²) >= 11 is 6.20. The van der Waals surface area contributed by atoms with Gasteiger partial charge in [-0.3, -0.25) is 4.98 Å². The van der Waals surface area contributed by atoms with Gasteiger partial charge in [0.25, 0.3) is 0 Å². The van der Waals surface area contributed by atoms with E-state index in [1.54, 1.807) is 7.11 Å². The van der Waals surface area contributed by atoms with Gasteiger partial charge < -0.3 is 14.2 Å². The van der Waals surface area contributed by atoms with Crippen LogP contribution in [0.1, 0.15) is 11.5 Å². The van der Waals surface area contributed by atoms with Crippen LogP contribution in [0.25, 0.3) is 10.9 Å². The lowest BCUT2D eigenvalue weighted by Crippen LogP contribution is -2.23. The molecule has 3 aromatic rings. The van der Waals surface area contributed by atoms with Crippen LogP contribution in [0, 0.1) is 12.8 Å². The number of pyridine rings is 1. The van der Waals surface area contributed by atoms with Crippen molar-refractivity contribution in [1.29, 1.82) is 0 Å². The molecular formula is C19H20ClN3O2. The summed E-state index contributed by atoms with van der Waals surface area (Å²) in [5, 5.41) is 5.78. The van der Waals surface area contributed by atoms with Crippen molar-refractivity contribution >= 4 is 28.2 Å². The highest BCUT2D eigenvalue weighted by atomic mass is 35.5. The van der Waals surface area contributed by atoms with E-state index in [1.807, 2.05) is 43.5 Å². The summed E-state index contributed by atoms with van der Waals surface area (Å²) in [6, 6.07) is 9.86. The molecule has 3 heterocycles. The topological polar surface area (TPSA) is 51.4 Å². The molecule has 1 aliphatic rings. The van der Waals surface area contributed by atoms with Gasteiger partial charge in [0.2, 0.25) is 0 Å². The molecule has 0 unspecified atom stereocenters. The van der Waals surface area contributed by atoms with Crippen molar-refractivity contribution in [1.82, 2.24) is 10.1 Å². The van der Waals surface area contributed by atoms with Crippen molar-refractivity contribution in [3.63, 3.8) is 0 Å². The van der Waals surface area contributed by atoms with Crippen LogP contribution in [0.5, 0.6) is 0 Å². The number of aromatic nitrogens is 2. The third kappa shape index (κ3) is 3.22. The number of nitrogens with zero attached hydrogens (tertiary/aromatic N) is 3. The van der Waals surface area contributed by atoms with Gasteiger partial charge in [0.15, 0.2) is 0 Å². The Morgan fingerprint density at radius 1 is 1.28 bits per heavy atom. The zero-order chi connectivity index (χ0) is 17.4. The Balaban J connectivity index is 1.62. The third-order valence-corrected chi connectivity index (χ3v) is 5.08. The zero-order valence-corrected chi connectivity index (χ0v) is 15.0. The predicted molar refractivity (Wildman–Crippen MR) is 98.2 cm³/mol. The molecule has 5 nitrogen and oxygen atoms in total. The van der Waals surface area contributed by atoms with E-state index in [-0.39, 0.29) is 6.10 Å². The van der Waals surface area contributed by atoms with Gasteiger partial charge in [-0.1, -0.05) is 16.8 Å². The van der Waals surface area contributed by atoms with E-state index in [4.69, 9.17) is 20.9 Å². The van der Waals surface area contributed by atoms with Crippen LogP contribution < -0.4 is 4.90 Å². The lowest BCUT2D eigenvalue weighted by molar-refractivity contribution is 0.0813. The molecule has 0 aliphatic carbocycles. The highest BCUT2D eigenvalue weighted by molar-refractivity contribution is 6.31. The molecule has 130 valence electrons. The summed E-state index contributed by atoms with van der Waals surface area (Å²) in [5.41, 5.74) is 3.00. The molecule has 0 amide bonds. The minimum absolute atomic E-state index is 0.146. The van der Waals surface area contributed by atoms with Gasteiger partial charge in [0, 0.05) is 60.9 Å². The molecule has 1 aliphatic heterocycles. The lowest BCUT2D eigenvalue weighted by atomic mass is 10.0. The average Bonchev–Trinajstić information content (AvgIpc) is 3.20. The van der Waals surface area contributed by atoms with Crippen LogP contribution in [0.2, 0.25) is 5.02 Å². The van der Waals surface area contributed by atoms with E-state index in [2.05, 4.69) is 15.0 Å². The molecule has 1 saturated heterocycles. The van der Waals surface area contributed by atoms with Crippen LogP contribution in [0.3, 0.4) is 0 Å². The van der Waals surface area contributed by atoms with E-state index in [9.17, 15) is 0 Å². The van der Waals surface area contributed by atoms with Crippen molar-refractivity contribution < 1.29 is 9.26 Å². The van der Waals surface area contributed by atoms with Crippen molar-refractivity contribution in [2.75, 3.05) is 25.1 Å². The maximum Gasteiger partial charge on any atom is 0.137 e. The van der Waals surface area contributed by atoms with Crippen molar-refractivity contribution in [2.24, 2.45) is 5.92 Å². The number of anilines is 1. The first kappa shape index (κ1) is 16.4. The van der Waals surface area contributed by atoms with Crippen LogP contribution in [-0.2, 0) is 11.2 Å². The largest absolute Gasteiger partial charge is 0.379 e. The highest BCUT2D eigenvalue weighted by Gasteiger charge is 2.34. The standard InChI is InChI=1S/C19H20ClN3O2/c1-12-7-15(25-22-12)8-13-10-23(11-19(13)24-2)18-5-6-21-17-4-3-14(20)9-16(17)18/h3-7,9,13,19H,8,10-11H2,1-2H3/t13-,19+/m1/s1. The van der Waals surface area contributed by atoms with Crippen LogP contribution in [-0.4, -0.2) is 36.4 Å². The van der Waals surface area contributed by atoms with Crippen molar-refractivity contribution in [3.05, 3.63) is 53.0 Å². The van der Waals surface area contributed by atoms with Gasteiger partial charge in [0.1, 0.15) is 5.76 Å². The number of ether oxygens (including phenoxy) is 1. The fourth-order valence-corrected chi connectivity index (χ4v) is 3.82. The number of aryl methyl sites for hydroxylation is 1. The van der Waals surface area contributed by atoms with E-state index in [1.165, 1.54) is 0 Å². The molecule has 1 aromatic carbocycles. The minimum atomic E-state index is 0.146. The molecular weight excluding hydrogens is 338 g/mol. The first-order chi connectivity index (χ1) is 12.1. The SMILES string of the molecule is CO[C@H]1CN(c2ccnc3ccc(Cl)cc23)C[C@H]1Cc1cc(C)no1. The Labute approximate surface area is 151 Å². The summed E-state index contributed by atoms with van der Waals surface area (Å²) in [6.45, 7) is 3.67. The monoisotopic (exact) mass is 357 g/mol. The normalized spacial score (nSPS) is 20.5. The molecule has 2 aromatic heterocycles. The van der Waals surface area contributed by atoms with E-state index in [0.29, 0.717) is 5.92 Å². The number of halogens is 1. The molecule has 0 N–H and O–H groups in total. The predicted octanol–water partition coefficient (Wildman–Crippen LogP) is 3.88. The van der Waals surface area contributed by atoms with Gasteiger partial charge in [-0.05, 0) is 31.2 Å². The Morgan fingerprint density at radius 2 is 2.16 bits per heavy atom. The second-order valence-corrected chi connectivity index (χ2v) is 7.01. The van der Waals surface area contributed by atoms with Crippen molar-refractivity contribution in [2.45, 2.75) is 19.4 Å². The number of methoxy groups -OCH3 is 1. The molecule has 2 atom stereocenters. The van der Waals surface area contributed by atoms with Gasteiger partial charge in [-0.25, -0.2) is 0 Å². The average molecular weight is 358 g/mol. The first-order valence-corrected chi connectivity index (χ1v) is 8.76. The Bertz CT molecular complexity index is 895. The zero-order valence-electron chi connectivity index (χ0n) is 14.3. The quantitative estimate of drug-likeness (QED) is 0.709. The second-order valence-electron chi connectivity index (χ2n) is 6.57. The molecule has 0 bridgehead atoms. The number of hydrogen-bond acceptors (Lipinski definition) is 5. The maximum absolute atomic E-state index is 6.20. The van der Waals surface area contributed by atoms with Gasteiger partial charge in [-0.15, -0.1) is 0 Å². The molecule has 0 radical (unpaired) electrons. The lowest BCUT2D eigenvalue weighted by Gasteiger charge is -2.20. The molecule has 0 spiro atoms. The smallest absolute Gasteiger partial charge is 0.137 e. The van der Waals surface area contributed by atoms with Gasteiger partial charge in [-0.2, -0.15) is 0 Å². The molecule has 6 heteroatoms. The summed E-state index contributed by atoms with van der Waals surface area (Å²) in [7, 11) is 1.77. The fourth-order valence-electron chi connectivity index (χ4n) is 3.65. The fraction of sp³-hybridized carbons (Fsp3) is 0.368. The third-order valence-electron chi connectivity index (χ3n) is 4.85. The van der Waals surface area contributed by atoms with E-state index in [0.717, 1.165) is 52.6 Å². The van der Waals surface area contributed by atoms with E-state index < -0.39 is 0 Å². The number of benzene rings is 1. The van der Waals surface area contributed by atoms with E-state index >= 15 is 0 Å². The summed E-state index contributed by atoms with van der Waals surface area (Å²) < 4.78 is 11.1. The maximum atomic E-state index is 6.20. The van der Waals surface area contributed by atoms with Crippen LogP contribution in [0.15, 0.2) is 41.1 Å². The van der Waals surface area contributed by atoms with Crippen molar-refractivity contribution in [3.8, 4) is 0 Å². The molecule has 0 saturated carbocycles. The highest BCUT2D eigenvalue weighted by Crippen LogP contribution is 2.33. The number of fused-ring (bicyclic) bond motifs is 1. The Morgan fingerprint density at radius 3 is 2.92 bits per heavy atom. The van der Waals surface area contributed by atoms with Crippen LogP contribution >= 0.6 is 11.6 Å². The molecule has 4 rings (SSSR count). The minimum Gasteiger partial charge on any atom is -0.379 e. The summed E-state index contributed by atoms with van der Waals surface area (Å²) in [5.74, 6) is 1.26. The molecule has 1 fully saturated rings. The Hall–Kier alpha value is -2.11. The Kier molecular flexibility index (Phi) is 4.36. The van der Waals surface area contributed by atoms with Gasteiger partial charge >= 0.3 is 0 Å². The number of rotatable bonds is 4. The van der Waals surface area contributed by atoms with Gasteiger partial charge in [0.05, 0.1) is 17.3 Å². The summed E-state index contributed by atoms with van der Waals surface area (Å²) in [4.78, 5) is 6.79. The second kappa shape index (κ2) is 6.65. The molecule has 25 heavy (non-hydrogen) atoms. The number of hydrogen-bond donors (Lipinski definition) is 0.